The van der Waals surface area contributed by atoms with Crippen molar-refractivity contribution in [3.63, 3.8) is 0 Å². The molecule has 116 valence electrons. The number of amides is 1. The van der Waals surface area contributed by atoms with Gasteiger partial charge < -0.3 is 10.1 Å². The number of hydrogen-bond acceptors (Lipinski definition) is 7. The Balaban J connectivity index is 2.32. The fourth-order valence-corrected chi connectivity index (χ4v) is 1.90. The van der Waals surface area contributed by atoms with Crippen molar-refractivity contribution in [1.29, 1.82) is 0 Å². The number of methoxy groups -OCH3 is 1. The van der Waals surface area contributed by atoms with Gasteiger partial charge in [-0.2, -0.15) is 5.10 Å². The number of hydrazone groups is 1. The first-order valence-corrected chi connectivity index (χ1v) is 6.34. The average molecular weight is 306 g/mol. The van der Waals surface area contributed by atoms with Gasteiger partial charge in [0.15, 0.2) is 0 Å². The minimum atomic E-state index is -0.935. The zero-order valence-corrected chi connectivity index (χ0v) is 12.0. The molecule has 0 bridgehead atoms. The number of carbonyl (C=O) groups is 2. The number of ether oxygens (including phenoxy) is 1. The van der Waals surface area contributed by atoms with E-state index in [0.717, 1.165) is 13.2 Å². The van der Waals surface area contributed by atoms with Crippen LogP contribution in [0.3, 0.4) is 0 Å². The molecule has 0 aromatic heterocycles. The van der Waals surface area contributed by atoms with Crippen molar-refractivity contribution in [1.82, 2.24) is 5.43 Å². The van der Waals surface area contributed by atoms with E-state index in [1.54, 1.807) is 13.1 Å². The van der Waals surface area contributed by atoms with E-state index in [-0.39, 0.29) is 16.9 Å². The molecular weight excluding hydrogens is 292 g/mol. The zero-order valence-electron chi connectivity index (χ0n) is 12.0. The van der Waals surface area contributed by atoms with E-state index in [1.165, 1.54) is 12.1 Å². The number of non-ortho nitro benzene ring substituents is 1. The summed E-state index contributed by atoms with van der Waals surface area (Å²) in [6.45, 7) is 1.65. The van der Waals surface area contributed by atoms with Gasteiger partial charge in [0.2, 0.25) is 0 Å². The SMILES string of the molecule is COC(=O)c1cc([N+](=O)[O-])ccc1NC(=O)C1(C)CC=NN1. The van der Waals surface area contributed by atoms with Gasteiger partial charge in [0.25, 0.3) is 11.6 Å². The molecule has 2 N–H and O–H groups in total. The number of benzene rings is 1. The number of esters is 1. The molecule has 0 radical (unpaired) electrons. The van der Waals surface area contributed by atoms with E-state index in [2.05, 4.69) is 20.6 Å². The summed E-state index contributed by atoms with van der Waals surface area (Å²) >= 11 is 0. The average Bonchev–Trinajstić information content (AvgIpc) is 2.94. The molecule has 1 atom stereocenters. The van der Waals surface area contributed by atoms with Crippen molar-refractivity contribution >= 4 is 29.5 Å². The number of anilines is 1. The number of nitro benzene ring substituents is 1. The molecule has 0 saturated carbocycles. The van der Waals surface area contributed by atoms with Crippen LogP contribution in [0.25, 0.3) is 0 Å². The van der Waals surface area contributed by atoms with Crippen molar-refractivity contribution in [3.8, 4) is 0 Å². The Hall–Kier alpha value is -2.97. The number of nitro groups is 1. The third-order valence-corrected chi connectivity index (χ3v) is 3.27. The van der Waals surface area contributed by atoms with Gasteiger partial charge in [-0.3, -0.25) is 20.3 Å². The van der Waals surface area contributed by atoms with Gasteiger partial charge >= 0.3 is 5.97 Å². The molecule has 22 heavy (non-hydrogen) atoms. The monoisotopic (exact) mass is 306 g/mol. The van der Waals surface area contributed by atoms with Crippen molar-refractivity contribution < 1.29 is 19.2 Å². The van der Waals surface area contributed by atoms with Crippen molar-refractivity contribution in [2.45, 2.75) is 18.9 Å². The van der Waals surface area contributed by atoms with Crippen LogP contribution in [-0.4, -0.2) is 35.7 Å². The highest BCUT2D eigenvalue weighted by Crippen LogP contribution is 2.25. The standard InChI is InChI=1S/C13H14N4O5/c1-13(5-6-14-16-13)12(19)15-10-4-3-8(17(20)21)7-9(10)11(18)22-2/h3-4,6-7,16H,5H2,1-2H3,(H,15,19). The molecule has 1 heterocycles. The van der Waals surface area contributed by atoms with E-state index in [4.69, 9.17) is 0 Å². The number of hydrogen-bond donors (Lipinski definition) is 2. The van der Waals surface area contributed by atoms with Crippen LogP contribution >= 0.6 is 0 Å². The maximum atomic E-state index is 12.3. The van der Waals surface area contributed by atoms with Gasteiger partial charge in [0.1, 0.15) is 5.54 Å². The highest BCUT2D eigenvalue weighted by atomic mass is 16.6. The molecule has 1 unspecified atom stereocenters. The first-order valence-electron chi connectivity index (χ1n) is 6.34. The summed E-state index contributed by atoms with van der Waals surface area (Å²) in [7, 11) is 1.15. The first-order chi connectivity index (χ1) is 10.4. The topological polar surface area (TPSA) is 123 Å². The lowest BCUT2D eigenvalue weighted by molar-refractivity contribution is -0.384. The van der Waals surface area contributed by atoms with Crippen LogP contribution in [0, 0.1) is 10.1 Å². The normalized spacial score (nSPS) is 19.4. The first kappa shape index (κ1) is 15.4. The van der Waals surface area contributed by atoms with Crippen molar-refractivity contribution in [2.24, 2.45) is 5.10 Å². The predicted octanol–water partition coefficient (Wildman–Crippen LogP) is 1.06. The Morgan fingerprint density at radius 3 is 2.77 bits per heavy atom. The fourth-order valence-electron chi connectivity index (χ4n) is 1.90. The van der Waals surface area contributed by atoms with Gasteiger partial charge in [-0.1, -0.05) is 0 Å². The minimum absolute atomic E-state index is 0.0902. The number of carbonyl (C=O) groups excluding carboxylic acids is 2. The van der Waals surface area contributed by atoms with Crippen LogP contribution in [0.1, 0.15) is 23.7 Å². The lowest BCUT2D eigenvalue weighted by Gasteiger charge is -2.22. The summed E-state index contributed by atoms with van der Waals surface area (Å²) in [5, 5.41) is 17.2. The Morgan fingerprint density at radius 2 is 2.23 bits per heavy atom. The molecule has 0 spiro atoms. The van der Waals surface area contributed by atoms with Gasteiger partial charge in [0, 0.05) is 24.8 Å². The molecule has 1 aliphatic heterocycles. The minimum Gasteiger partial charge on any atom is -0.465 e. The zero-order chi connectivity index (χ0) is 16.3. The second-order valence-corrected chi connectivity index (χ2v) is 4.89. The molecule has 9 nitrogen and oxygen atoms in total. The van der Waals surface area contributed by atoms with Crippen LogP contribution in [0.2, 0.25) is 0 Å². The number of nitrogens with zero attached hydrogens (tertiary/aromatic N) is 2. The summed E-state index contributed by atoms with van der Waals surface area (Å²) in [4.78, 5) is 34.2. The Labute approximate surface area is 125 Å². The molecule has 0 aliphatic carbocycles. The van der Waals surface area contributed by atoms with Gasteiger partial charge in [0.05, 0.1) is 23.3 Å². The Kier molecular flexibility index (Phi) is 4.06. The highest BCUT2D eigenvalue weighted by Gasteiger charge is 2.35. The van der Waals surface area contributed by atoms with Gasteiger partial charge in [-0.15, -0.1) is 0 Å². The van der Waals surface area contributed by atoms with E-state index in [0.29, 0.717) is 6.42 Å². The molecule has 9 heteroatoms. The quantitative estimate of drug-likeness (QED) is 0.487. The van der Waals surface area contributed by atoms with E-state index < -0.39 is 22.3 Å². The molecule has 1 amide bonds. The smallest absolute Gasteiger partial charge is 0.340 e. The third kappa shape index (κ3) is 2.87. The maximum absolute atomic E-state index is 12.3. The molecule has 1 aromatic carbocycles. The summed E-state index contributed by atoms with van der Waals surface area (Å²) in [5.41, 5.74) is 1.52. The molecular formula is C13H14N4O5. The molecule has 2 rings (SSSR count). The summed E-state index contributed by atoms with van der Waals surface area (Å²) in [6.07, 6.45) is 1.95. The molecule has 1 aromatic rings. The fraction of sp³-hybridized carbons (Fsp3) is 0.308. The molecule has 0 fully saturated rings. The van der Waals surface area contributed by atoms with Gasteiger partial charge in [-0.25, -0.2) is 4.79 Å². The van der Waals surface area contributed by atoms with Crippen molar-refractivity contribution in [2.75, 3.05) is 12.4 Å². The third-order valence-electron chi connectivity index (χ3n) is 3.27. The summed E-state index contributed by atoms with van der Waals surface area (Å²) < 4.78 is 4.59. The largest absolute Gasteiger partial charge is 0.465 e. The Bertz CT molecular complexity index is 662. The maximum Gasteiger partial charge on any atom is 0.340 e. The van der Waals surface area contributed by atoms with Crippen LogP contribution < -0.4 is 10.7 Å². The second kappa shape index (κ2) is 5.80. The van der Waals surface area contributed by atoms with Crippen LogP contribution in [0.5, 0.6) is 0 Å². The molecule has 0 saturated heterocycles. The van der Waals surface area contributed by atoms with E-state index in [1.807, 2.05) is 0 Å². The van der Waals surface area contributed by atoms with Crippen LogP contribution in [0.15, 0.2) is 23.3 Å². The van der Waals surface area contributed by atoms with E-state index in [9.17, 15) is 19.7 Å². The van der Waals surface area contributed by atoms with Crippen molar-refractivity contribution in [3.05, 3.63) is 33.9 Å². The lowest BCUT2D eigenvalue weighted by atomic mass is 9.99. The Morgan fingerprint density at radius 1 is 1.50 bits per heavy atom. The summed E-state index contributed by atoms with van der Waals surface area (Å²) in [6, 6.07) is 3.55. The van der Waals surface area contributed by atoms with E-state index >= 15 is 0 Å². The van der Waals surface area contributed by atoms with Crippen LogP contribution in [-0.2, 0) is 9.53 Å². The second-order valence-electron chi connectivity index (χ2n) is 4.89. The lowest BCUT2D eigenvalue weighted by Crippen LogP contribution is -2.47. The number of nitrogens with one attached hydrogen (secondary N) is 2. The predicted molar refractivity (Wildman–Crippen MR) is 77.7 cm³/mol. The van der Waals surface area contributed by atoms with Crippen LogP contribution in [0.4, 0.5) is 11.4 Å². The van der Waals surface area contributed by atoms with Gasteiger partial charge in [-0.05, 0) is 13.0 Å². The summed E-state index contributed by atoms with van der Waals surface area (Å²) in [5.74, 6) is -1.19. The number of rotatable bonds is 4. The molecule has 1 aliphatic rings. The highest BCUT2D eigenvalue weighted by molar-refractivity contribution is 6.05.